The molecule has 0 aromatic carbocycles. The van der Waals surface area contributed by atoms with E-state index in [-0.39, 0.29) is 10.9 Å². The minimum Gasteiger partial charge on any atom is -0.510 e. The average Bonchev–Trinajstić information content (AvgIpc) is 2.47. The molecule has 0 spiro atoms. The average molecular weight is 264 g/mol. The Labute approximate surface area is 113 Å². The Kier molecular flexibility index (Phi) is 4.00. The molecule has 0 aromatic rings. The van der Waals surface area contributed by atoms with Gasteiger partial charge in [0.2, 0.25) is 5.12 Å². The summed E-state index contributed by atoms with van der Waals surface area (Å²) in [6.07, 6.45) is 12.3. The van der Waals surface area contributed by atoms with Crippen molar-refractivity contribution in [2.24, 2.45) is 0 Å². The number of hydrogen-bond acceptors (Lipinski definition) is 3. The molecule has 1 aliphatic heterocycles. The monoisotopic (exact) mass is 264 g/mol. The highest BCUT2D eigenvalue weighted by Crippen LogP contribution is 2.44. The first-order valence-corrected chi connectivity index (χ1v) is 7.36. The molecular formula is C15H20O2S. The van der Waals surface area contributed by atoms with Gasteiger partial charge in [0.05, 0.1) is 4.75 Å². The fourth-order valence-electron chi connectivity index (χ4n) is 2.44. The van der Waals surface area contributed by atoms with E-state index in [1.54, 1.807) is 6.92 Å². The van der Waals surface area contributed by atoms with Crippen LogP contribution in [0.4, 0.5) is 0 Å². The summed E-state index contributed by atoms with van der Waals surface area (Å²) in [5.41, 5.74) is 1.73. The second kappa shape index (κ2) is 5.35. The van der Waals surface area contributed by atoms with E-state index in [1.165, 1.54) is 36.6 Å². The Morgan fingerprint density at radius 2 is 2.17 bits per heavy atom. The quantitative estimate of drug-likeness (QED) is 0.767. The van der Waals surface area contributed by atoms with Gasteiger partial charge in [0.1, 0.15) is 5.76 Å². The van der Waals surface area contributed by atoms with E-state index >= 15 is 0 Å². The van der Waals surface area contributed by atoms with Crippen LogP contribution in [0, 0.1) is 0 Å². The van der Waals surface area contributed by atoms with E-state index in [4.69, 9.17) is 0 Å². The third kappa shape index (κ3) is 2.72. The second-order valence-corrected chi connectivity index (χ2v) is 6.61. The molecule has 2 rings (SSSR count). The maximum absolute atomic E-state index is 11.7. The third-order valence-corrected chi connectivity index (χ3v) is 4.79. The number of thioether (sulfide) groups is 1. The minimum atomic E-state index is -0.569. The molecule has 18 heavy (non-hydrogen) atoms. The van der Waals surface area contributed by atoms with Crippen LogP contribution in [-0.4, -0.2) is 15.0 Å². The van der Waals surface area contributed by atoms with Crippen LogP contribution in [0.2, 0.25) is 0 Å². The molecule has 1 aliphatic carbocycles. The van der Waals surface area contributed by atoms with Crippen molar-refractivity contribution in [1.82, 2.24) is 0 Å². The summed E-state index contributed by atoms with van der Waals surface area (Å²) in [4.78, 5) is 11.7. The topological polar surface area (TPSA) is 37.3 Å². The van der Waals surface area contributed by atoms with E-state index in [2.05, 4.69) is 18.2 Å². The molecule has 0 saturated carbocycles. The normalized spacial score (nSPS) is 33.7. The molecule has 0 amide bonds. The van der Waals surface area contributed by atoms with Crippen molar-refractivity contribution in [3.05, 3.63) is 35.1 Å². The highest BCUT2D eigenvalue weighted by molar-refractivity contribution is 8.16. The van der Waals surface area contributed by atoms with Gasteiger partial charge >= 0.3 is 0 Å². The lowest BCUT2D eigenvalue weighted by Crippen LogP contribution is -2.17. The SMILES string of the molecule is CC1=C(O)[C@](C)(/C=C2/C=C\CCCCC2)SC1=O. The van der Waals surface area contributed by atoms with E-state index in [0.29, 0.717) is 5.57 Å². The molecule has 0 saturated heterocycles. The van der Waals surface area contributed by atoms with Crippen molar-refractivity contribution in [1.29, 1.82) is 0 Å². The van der Waals surface area contributed by atoms with Gasteiger partial charge in [-0.3, -0.25) is 4.79 Å². The summed E-state index contributed by atoms with van der Waals surface area (Å²) in [6.45, 7) is 3.61. The molecule has 0 bridgehead atoms. The van der Waals surface area contributed by atoms with Crippen molar-refractivity contribution in [2.75, 3.05) is 0 Å². The van der Waals surface area contributed by atoms with Gasteiger partial charge in [0, 0.05) is 5.57 Å². The second-order valence-electron chi connectivity index (χ2n) is 5.19. The predicted molar refractivity (Wildman–Crippen MR) is 76.6 cm³/mol. The van der Waals surface area contributed by atoms with Gasteiger partial charge in [0.25, 0.3) is 0 Å². The molecule has 1 N–H and O–H groups in total. The highest BCUT2D eigenvalue weighted by Gasteiger charge is 2.40. The van der Waals surface area contributed by atoms with Gasteiger partial charge in [-0.25, -0.2) is 0 Å². The third-order valence-electron chi connectivity index (χ3n) is 3.57. The lowest BCUT2D eigenvalue weighted by molar-refractivity contribution is -0.107. The summed E-state index contributed by atoms with van der Waals surface area (Å²) < 4.78 is -0.569. The lowest BCUT2D eigenvalue weighted by atomic mass is 9.96. The van der Waals surface area contributed by atoms with Crippen LogP contribution in [0.15, 0.2) is 35.1 Å². The number of carbonyl (C=O) groups excluding carboxylic acids is 1. The van der Waals surface area contributed by atoms with Gasteiger partial charge in [-0.15, -0.1) is 0 Å². The Morgan fingerprint density at radius 1 is 1.39 bits per heavy atom. The van der Waals surface area contributed by atoms with Crippen LogP contribution in [0.25, 0.3) is 0 Å². The maximum Gasteiger partial charge on any atom is 0.219 e. The first kappa shape index (κ1) is 13.5. The molecule has 0 radical (unpaired) electrons. The van der Waals surface area contributed by atoms with Crippen molar-refractivity contribution >= 4 is 16.9 Å². The largest absolute Gasteiger partial charge is 0.510 e. The van der Waals surface area contributed by atoms with Gasteiger partial charge < -0.3 is 5.11 Å². The van der Waals surface area contributed by atoms with E-state index in [9.17, 15) is 9.90 Å². The zero-order valence-electron chi connectivity index (χ0n) is 11.0. The molecule has 1 atom stereocenters. The van der Waals surface area contributed by atoms with Gasteiger partial charge in [-0.1, -0.05) is 42.0 Å². The fourth-order valence-corrected chi connectivity index (χ4v) is 3.54. The van der Waals surface area contributed by atoms with Crippen LogP contribution >= 0.6 is 11.8 Å². The van der Waals surface area contributed by atoms with E-state index in [0.717, 1.165) is 12.8 Å². The summed E-state index contributed by atoms with van der Waals surface area (Å²) in [6, 6.07) is 0. The fraction of sp³-hybridized carbons (Fsp3) is 0.533. The maximum atomic E-state index is 11.7. The number of aliphatic hydroxyl groups excluding tert-OH is 1. The van der Waals surface area contributed by atoms with Crippen LogP contribution in [0.1, 0.15) is 46.0 Å². The first-order valence-electron chi connectivity index (χ1n) is 6.55. The summed E-state index contributed by atoms with van der Waals surface area (Å²) >= 11 is 1.22. The Hall–Kier alpha value is -0.960. The van der Waals surface area contributed by atoms with Gasteiger partial charge in [-0.2, -0.15) is 0 Å². The molecule has 98 valence electrons. The number of allylic oxidation sites excluding steroid dienone is 3. The summed E-state index contributed by atoms with van der Waals surface area (Å²) in [5, 5.41) is 10.1. The summed E-state index contributed by atoms with van der Waals surface area (Å²) in [5.74, 6) is 0.223. The first-order chi connectivity index (χ1) is 8.53. The van der Waals surface area contributed by atoms with Crippen molar-refractivity contribution < 1.29 is 9.90 Å². The highest BCUT2D eigenvalue weighted by atomic mass is 32.2. The Balaban J connectivity index is 2.26. The zero-order valence-corrected chi connectivity index (χ0v) is 11.8. The zero-order chi connectivity index (χ0) is 13.2. The van der Waals surface area contributed by atoms with Crippen LogP contribution in [0.5, 0.6) is 0 Å². The molecule has 2 aliphatic rings. The van der Waals surface area contributed by atoms with E-state index in [1.807, 2.05) is 6.92 Å². The van der Waals surface area contributed by atoms with Crippen LogP contribution in [0.3, 0.4) is 0 Å². The van der Waals surface area contributed by atoms with Crippen molar-refractivity contribution in [3.63, 3.8) is 0 Å². The molecule has 2 nitrogen and oxygen atoms in total. The Morgan fingerprint density at radius 3 is 2.83 bits per heavy atom. The summed E-state index contributed by atoms with van der Waals surface area (Å²) in [7, 11) is 0. The molecule has 0 aromatic heterocycles. The molecule has 1 heterocycles. The van der Waals surface area contributed by atoms with E-state index < -0.39 is 4.75 Å². The number of aliphatic hydroxyl groups is 1. The standard InChI is InChI=1S/C15H20O2S/c1-11-13(16)15(2,18-14(11)17)10-12-8-6-4-3-5-7-9-12/h6,8,10,16H,3-5,7,9H2,1-2H3/b8-6-,12-10-/t15-/m0/s1. The number of hydrogen-bond donors (Lipinski definition) is 1. The molecule has 0 fully saturated rings. The van der Waals surface area contributed by atoms with Gasteiger partial charge in [-0.05, 0) is 39.5 Å². The van der Waals surface area contributed by atoms with Crippen LogP contribution in [-0.2, 0) is 4.79 Å². The Bertz CT molecular complexity index is 445. The minimum absolute atomic E-state index is 0.0123. The van der Waals surface area contributed by atoms with Gasteiger partial charge in [0.15, 0.2) is 0 Å². The van der Waals surface area contributed by atoms with Crippen molar-refractivity contribution in [2.45, 2.75) is 50.7 Å². The predicted octanol–water partition coefficient (Wildman–Crippen LogP) is 4.30. The number of carbonyl (C=O) groups is 1. The van der Waals surface area contributed by atoms with Crippen molar-refractivity contribution in [3.8, 4) is 0 Å². The smallest absolute Gasteiger partial charge is 0.219 e. The number of rotatable bonds is 1. The lowest BCUT2D eigenvalue weighted by Gasteiger charge is -2.20. The van der Waals surface area contributed by atoms with Crippen LogP contribution < -0.4 is 0 Å². The molecule has 3 heteroatoms. The molecule has 0 unspecified atom stereocenters. The molecular weight excluding hydrogens is 244 g/mol.